The van der Waals surface area contributed by atoms with E-state index in [1.807, 2.05) is 37.3 Å². The van der Waals surface area contributed by atoms with E-state index in [-0.39, 0.29) is 29.6 Å². The lowest BCUT2D eigenvalue weighted by Gasteiger charge is -2.26. The van der Waals surface area contributed by atoms with Crippen molar-refractivity contribution in [1.82, 2.24) is 10.2 Å². The molecule has 3 aromatic carbocycles. The van der Waals surface area contributed by atoms with Crippen molar-refractivity contribution in [3.05, 3.63) is 101 Å². The summed E-state index contributed by atoms with van der Waals surface area (Å²) >= 11 is 0. The van der Waals surface area contributed by atoms with Crippen LogP contribution in [0.25, 0.3) is 0 Å². The Balaban J connectivity index is 1.33. The van der Waals surface area contributed by atoms with Crippen LogP contribution in [0.2, 0.25) is 0 Å². The number of nitrogens with one attached hydrogen (secondary N) is 1. The topological polar surface area (TPSA) is 69.7 Å². The highest BCUT2D eigenvalue weighted by atomic mass is 19.1. The number of carbonyl (C=O) groups excluding carboxylic acids is 3. The number of nitrogens with zero attached hydrogens (tertiary/aromatic N) is 2. The van der Waals surface area contributed by atoms with E-state index in [1.54, 1.807) is 40.1 Å². The van der Waals surface area contributed by atoms with Gasteiger partial charge in [0.1, 0.15) is 11.9 Å². The standard InChI is InChI=1S/C28H26FN3O3/c1-18(20-12-14-22(29)15-13-20)30-26(33)21-10-8-19(9-11-21)17-32-24-6-3-2-5-23(24)27(34)31-16-4-7-25(31)28(32)35/h2-3,5-6,8-15,18,25H,4,7,16-17H2,1H3,(H,30,33)/t18-,25-/m0/s1. The molecule has 5 rings (SSSR count). The second-order valence-electron chi connectivity index (χ2n) is 9.04. The zero-order valence-electron chi connectivity index (χ0n) is 19.4. The molecule has 6 nitrogen and oxygen atoms in total. The molecule has 3 amide bonds. The van der Waals surface area contributed by atoms with Crippen molar-refractivity contribution in [3.63, 3.8) is 0 Å². The largest absolute Gasteiger partial charge is 0.346 e. The number of hydrogen-bond donors (Lipinski definition) is 1. The lowest BCUT2D eigenvalue weighted by molar-refractivity contribution is -0.122. The van der Waals surface area contributed by atoms with E-state index in [4.69, 9.17) is 0 Å². The molecule has 0 unspecified atom stereocenters. The molecule has 2 heterocycles. The van der Waals surface area contributed by atoms with Gasteiger partial charge in [-0.3, -0.25) is 14.4 Å². The summed E-state index contributed by atoms with van der Waals surface area (Å²) in [7, 11) is 0. The number of amides is 3. The number of benzene rings is 3. The molecule has 1 saturated heterocycles. The molecule has 0 aromatic heterocycles. The predicted octanol–water partition coefficient (Wildman–Crippen LogP) is 4.47. The van der Waals surface area contributed by atoms with Gasteiger partial charge in [0, 0.05) is 12.1 Å². The molecule has 3 aromatic rings. The smallest absolute Gasteiger partial charge is 0.256 e. The summed E-state index contributed by atoms with van der Waals surface area (Å²) < 4.78 is 13.2. The predicted molar refractivity (Wildman–Crippen MR) is 130 cm³/mol. The van der Waals surface area contributed by atoms with Crippen LogP contribution < -0.4 is 10.2 Å². The first kappa shape index (κ1) is 22.8. The minimum absolute atomic E-state index is 0.0734. The van der Waals surface area contributed by atoms with Crippen LogP contribution in [0.3, 0.4) is 0 Å². The number of carbonyl (C=O) groups is 3. The van der Waals surface area contributed by atoms with Crippen molar-refractivity contribution in [1.29, 1.82) is 0 Å². The highest BCUT2D eigenvalue weighted by Crippen LogP contribution is 2.33. The van der Waals surface area contributed by atoms with Gasteiger partial charge in [-0.15, -0.1) is 0 Å². The van der Waals surface area contributed by atoms with E-state index >= 15 is 0 Å². The number of halogens is 1. The molecule has 2 aliphatic rings. The van der Waals surface area contributed by atoms with Crippen molar-refractivity contribution >= 4 is 23.4 Å². The molecular weight excluding hydrogens is 445 g/mol. The van der Waals surface area contributed by atoms with Gasteiger partial charge in [-0.25, -0.2) is 4.39 Å². The molecule has 2 atom stereocenters. The lowest BCUT2D eigenvalue weighted by atomic mass is 10.1. The van der Waals surface area contributed by atoms with E-state index in [9.17, 15) is 18.8 Å². The minimum atomic E-state index is -0.437. The minimum Gasteiger partial charge on any atom is -0.346 e. The summed E-state index contributed by atoms with van der Waals surface area (Å²) in [5.74, 6) is -0.730. The van der Waals surface area contributed by atoms with Crippen molar-refractivity contribution in [2.24, 2.45) is 0 Å². The van der Waals surface area contributed by atoms with Gasteiger partial charge in [-0.2, -0.15) is 0 Å². The molecule has 2 aliphatic heterocycles. The van der Waals surface area contributed by atoms with E-state index in [2.05, 4.69) is 5.32 Å². The Hall–Kier alpha value is -4.00. The molecule has 0 spiro atoms. The summed E-state index contributed by atoms with van der Waals surface area (Å²) in [5, 5.41) is 2.92. The monoisotopic (exact) mass is 471 g/mol. The van der Waals surface area contributed by atoms with Crippen LogP contribution in [0.15, 0.2) is 72.8 Å². The molecule has 1 N–H and O–H groups in total. The van der Waals surface area contributed by atoms with Crippen molar-refractivity contribution in [3.8, 4) is 0 Å². The number of anilines is 1. The fourth-order valence-electron chi connectivity index (χ4n) is 4.83. The molecule has 178 valence electrons. The average Bonchev–Trinajstić information content (AvgIpc) is 3.35. The Morgan fingerprint density at radius 1 is 1.03 bits per heavy atom. The Morgan fingerprint density at radius 3 is 2.49 bits per heavy atom. The van der Waals surface area contributed by atoms with Gasteiger partial charge in [0.25, 0.3) is 11.8 Å². The fraction of sp³-hybridized carbons (Fsp3) is 0.250. The lowest BCUT2D eigenvalue weighted by Crippen LogP contribution is -2.44. The highest BCUT2D eigenvalue weighted by Gasteiger charge is 2.41. The van der Waals surface area contributed by atoms with Crippen LogP contribution in [-0.2, 0) is 11.3 Å². The van der Waals surface area contributed by atoms with E-state index in [1.165, 1.54) is 12.1 Å². The summed E-state index contributed by atoms with van der Waals surface area (Å²) in [5.41, 5.74) is 3.31. The van der Waals surface area contributed by atoms with Gasteiger partial charge in [-0.05, 0) is 67.3 Å². The Morgan fingerprint density at radius 2 is 1.74 bits per heavy atom. The molecule has 0 bridgehead atoms. The van der Waals surface area contributed by atoms with Crippen LogP contribution in [0.5, 0.6) is 0 Å². The van der Waals surface area contributed by atoms with Gasteiger partial charge >= 0.3 is 0 Å². The maximum atomic E-state index is 13.4. The quantitative estimate of drug-likeness (QED) is 0.597. The van der Waals surface area contributed by atoms with E-state index < -0.39 is 6.04 Å². The summed E-state index contributed by atoms with van der Waals surface area (Å²) in [6, 6.07) is 19.7. The van der Waals surface area contributed by atoms with Crippen molar-refractivity contribution < 1.29 is 18.8 Å². The van der Waals surface area contributed by atoms with Gasteiger partial charge in [-0.1, -0.05) is 36.4 Å². The van der Waals surface area contributed by atoms with Crippen molar-refractivity contribution in [2.45, 2.75) is 38.4 Å². The molecule has 0 aliphatic carbocycles. The Kier molecular flexibility index (Phi) is 6.07. The number of rotatable bonds is 5. The van der Waals surface area contributed by atoms with E-state index in [0.717, 1.165) is 17.5 Å². The molecule has 0 saturated carbocycles. The fourth-order valence-corrected chi connectivity index (χ4v) is 4.83. The normalized spacial score (nSPS) is 18.1. The number of fused-ring (bicyclic) bond motifs is 2. The zero-order valence-corrected chi connectivity index (χ0v) is 19.4. The second-order valence-corrected chi connectivity index (χ2v) is 9.04. The second kappa shape index (κ2) is 9.33. The molecule has 35 heavy (non-hydrogen) atoms. The van der Waals surface area contributed by atoms with Gasteiger partial charge in [0.2, 0.25) is 5.91 Å². The first-order chi connectivity index (χ1) is 16.9. The maximum Gasteiger partial charge on any atom is 0.256 e. The van der Waals surface area contributed by atoms with Crippen LogP contribution in [0.4, 0.5) is 10.1 Å². The third-order valence-electron chi connectivity index (χ3n) is 6.76. The third kappa shape index (κ3) is 4.41. The van der Waals surface area contributed by atoms with Crippen LogP contribution >= 0.6 is 0 Å². The highest BCUT2D eigenvalue weighted by molar-refractivity contribution is 6.11. The Labute approximate surface area is 203 Å². The molecule has 7 heteroatoms. The van der Waals surface area contributed by atoms with Gasteiger partial charge < -0.3 is 15.1 Å². The summed E-state index contributed by atoms with van der Waals surface area (Å²) in [4.78, 5) is 42.6. The number of hydrogen-bond acceptors (Lipinski definition) is 3. The summed E-state index contributed by atoms with van der Waals surface area (Å²) in [6.07, 6.45) is 1.48. The first-order valence-corrected chi connectivity index (χ1v) is 11.8. The molecule has 1 fully saturated rings. The van der Waals surface area contributed by atoms with Crippen molar-refractivity contribution in [2.75, 3.05) is 11.4 Å². The maximum absolute atomic E-state index is 13.4. The van der Waals surface area contributed by atoms with Gasteiger partial charge in [0.15, 0.2) is 0 Å². The zero-order chi connectivity index (χ0) is 24.5. The Bertz CT molecular complexity index is 1270. The third-order valence-corrected chi connectivity index (χ3v) is 6.76. The van der Waals surface area contributed by atoms with Crippen LogP contribution in [-0.4, -0.2) is 35.2 Å². The van der Waals surface area contributed by atoms with E-state index in [0.29, 0.717) is 36.3 Å². The number of para-hydroxylation sites is 1. The SMILES string of the molecule is C[C@H](NC(=O)c1ccc(CN2C(=O)[C@@H]3CCCN3C(=O)c3ccccc32)cc1)c1ccc(F)cc1. The van der Waals surface area contributed by atoms with Crippen LogP contribution in [0.1, 0.15) is 57.7 Å². The molecule has 0 radical (unpaired) electrons. The average molecular weight is 472 g/mol. The first-order valence-electron chi connectivity index (χ1n) is 11.8. The van der Waals surface area contributed by atoms with Crippen LogP contribution in [0, 0.1) is 5.82 Å². The van der Waals surface area contributed by atoms with Gasteiger partial charge in [0.05, 0.1) is 23.8 Å². The molecular formula is C28H26FN3O3. The summed E-state index contributed by atoms with van der Waals surface area (Å²) in [6.45, 7) is 2.74.